The number of Topliss-reactive ketones (excluding diaryl/α,β-unsaturated/α-hetero) is 1. The van der Waals surface area contributed by atoms with E-state index in [-0.39, 0.29) is 24.6 Å². The Labute approximate surface area is 250 Å². The predicted octanol–water partition coefficient (Wildman–Crippen LogP) is 4.61. The number of amides is 3. The average Bonchev–Trinajstić information content (AvgIpc) is 3.28. The maximum Gasteiger partial charge on any atom is 0.299 e. The van der Waals surface area contributed by atoms with Crippen LogP contribution in [-0.2, 0) is 20.9 Å². The predicted molar refractivity (Wildman–Crippen MR) is 161 cm³/mol. The molecule has 1 saturated carbocycles. The van der Waals surface area contributed by atoms with Crippen LogP contribution in [0.5, 0.6) is 17.2 Å². The number of anilines is 2. The number of carbonyl (C=O) groups excluding carboxylic acids is 4. The minimum atomic E-state index is -1.22. The Morgan fingerprint density at radius 2 is 1.53 bits per heavy atom. The minimum absolute atomic E-state index is 0.119. The topological polar surface area (TPSA) is 114 Å². The van der Waals surface area contributed by atoms with Gasteiger partial charge in [0.2, 0.25) is 11.8 Å². The van der Waals surface area contributed by atoms with Crippen molar-refractivity contribution in [3.63, 3.8) is 0 Å². The van der Waals surface area contributed by atoms with Gasteiger partial charge < -0.3 is 24.4 Å². The van der Waals surface area contributed by atoms with Crippen LogP contribution in [-0.4, -0.2) is 61.8 Å². The van der Waals surface area contributed by atoms with E-state index in [9.17, 15) is 19.2 Å². The van der Waals surface area contributed by atoms with Gasteiger partial charge in [0.25, 0.3) is 11.7 Å². The van der Waals surface area contributed by atoms with Gasteiger partial charge in [0.05, 0.1) is 38.3 Å². The summed E-state index contributed by atoms with van der Waals surface area (Å²) in [5.74, 6) is -0.538. The van der Waals surface area contributed by atoms with Gasteiger partial charge in [0.15, 0.2) is 0 Å². The Bertz CT molecular complexity index is 1530. The molecule has 0 aromatic heterocycles. The Balaban J connectivity index is 1.53. The average molecular weight is 586 g/mol. The summed E-state index contributed by atoms with van der Waals surface area (Å²) in [4.78, 5) is 57.1. The molecule has 5 rings (SSSR count). The summed E-state index contributed by atoms with van der Waals surface area (Å²) < 4.78 is 16.1. The number of fused-ring (bicyclic) bond motifs is 1. The number of para-hydroxylation sites is 1. The van der Waals surface area contributed by atoms with Crippen LogP contribution < -0.4 is 24.4 Å². The van der Waals surface area contributed by atoms with Gasteiger partial charge >= 0.3 is 0 Å². The number of rotatable bonds is 10. The number of carbonyl (C=O) groups is 4. The summed E-state index contributed by atoms with van der Waals surface area (Å²) in [6, 6.07) is 19.0. The lowest BCUT2D eigenvalue weighted by molar-refractivity contribution is -0.148. The van der Waals surface area contributed by atoms with Gasteiger partial charge in [0, 0.05) is 12.6 Å². The molecule has 3 aromatic carbocycles. The van der Waals surface area contributed by atoms with Crippen LogP contribution in [0.25, 0.3) is 0 Å². The Hall–Kier alpha value is -4.86. The molecular weight excluding hydrogens is 550 g/mol. The molecule has 0 spiro atoms. The van der Waals surface area contributed by atoms with Gasteiger partial charge in [-0.3, -0.25) is 24.1 Å². The lowest BCUT2D eigenvalue weighted by Gasteiger charge is -2.45. The molecule has 1 N–H and O–H groups in total. The van der Waals surface area contributed by atoms with Crippen molar-refractivity contribution in [3.05, 3.63) is 77.9 Å². The fraction of sp³-hybridized carbons (Fsp3) is 0.333. The standard InChI is InChI=1S/C33H35N3O7/c1-41-23-13-11-22(12-14-23)20-36(29(37)21-35-27-10-6-5-9-25(27)30(38)31(35)39)33(17-7-4-8-18-33)32(40)34-26-16-15-24(42-2)19-28(26)43-3/h5-6,9-16,19H,4,7-8,17-18,20-21H2,1-3H3,(H,34,40). The largest absolute Gasteiger partial charge is 0.497 e. The van der Waals surface area contributed by atoms with E-state index in [2.05, 4.69) is 5.32 Å². The SMILES string of the molecule is COc1ccc(CN(C(=O)CN2C(=O)C(=O)c3ccccc32)C2(C(=O)Nc3ccc(OC)cc3OC)CCCCC2)cc1. The monoisotopic (exact) mass is 585 g/mol. The van der Waals surface area contributed by atoms with Gasteiger partial charge in [-0.15, -0.1) is 0 Å². The molecule has 1 aliphatic heterocycles. The summed E-state index contributed by atoms with van der Waals surface area (Å²) in [5.41, 5.74) is 0.675. The van der Waals surface area contributed by atoms with Crippen molar-refractivity contribution in [2.75, 3.05) is 38.1 Å². The Kier molecular flexibility index (Phi) is 8.66. The normalized spacial score (nSPS) is 15.5. The van der Waals surface area contributed by atoms with Crippen LogP contribution in [0.2, 0.25) is 0 Å². The lowest BCUT2D eigenvalue weighted by atomic mass is 9.78. The summed E-state index contributed by atoms with van der Waals surface area (Å²) in [7, 11) is 4.63. The highest BCUT2D eigenvalue weighted by Gasteiger charge is 2.48. The molecule has 1 fully saturated rings. The van der Waals surface area contributed by atoms with E-state index < -0.39 is 23.1 Å². The molecule has 1 aliphatic carbocycles. The van der Waals surface area contributed by atoms with Crippen molar-refractivity contribution >= 4 is 34.9 Å². The zero-order chi connectivity index (χ0) is 30.6. The lowest BCUT2D eigenvalue weighted by Crippen LogP contribution is -2.61. The van der Waals surface area contributed by atoms with E-state index in [0.29, 0.717) is 41.5 Å². The van der Waals surface area contributed by atoms with Crippen LogP contribution >= 0.6 is 0 Å². The van der Waals surface area contributed by atoms with Crippen LogP contribution in [0.1, 0.15) is 48.0 Å². The summed E-state index contributed by atoms with van der Waals surface area (Å²) >= 11 is 0. The number of nitrogens with one attached hydrogen (secondary N) is 1. The minimum Gasteiger partial charge on any atom is -0.497 e. The molecule has 10 nitrogen and oxygen atoms in total. The molecule has 2 aliphatic rings. The van der Waals surface area contributed by atoms with E-state index in [1.54, 1.807) is 73.7 Å². The molecule has 3 amide bonds. The highest BCUT2D eigenvalue weighted by molar-refractivity contribution is 6.52. The maximum atomic E-state index is 14.4. The Morgan fingerprint density at radius 1 is 0.860 bits per heavy atom. The number of ether oxygens (including phenoxy) is 3. The molecule has 224 valence electrons. The Morgan fingerprint density at radius 3 is 2.21 bits per heavy atom. The third-order valence-corrected chi connectivity index (χ3v) is 8.25. The summed E-state index contributed by atoms with van der Waals surface area (Å²) in [6.45, 7) is -0.258. The van der Waals surface area contributed by atoms with Crippen molar-refractivity contribution in [2.45, 2.75) is 44.2 Å². The number of ketones is 1. The molecule has 0 atom stereocenters. The number of methoxy groups -OCH3 is 3. The van der Waals surface area contributed by atoms with Gasteiger partial charge in [-0.2, -0.15) is 0 Å². The number of nitrogens with zero attached hydrogens (tertiary/aromatic N) is 2. The quantitative estimate of drug-likeness (QED) is 0.346. The van der Waals surface area contributed by atoms with Crippen molar-refractivity contribution in [1.82, 2.24) is 4.90 Å². The second-order valence-corrected chi connectivity index (χ2v) is 10.7. The van der Waals surface area contributed by atoms with Crippen molar-refractivity contribution in [1.29, 1.82) is 0 Å². The summed E-state index contributed by atoms with van der Waals surface area (Å²) in [5, 5.41) is 3.02. The molecule has 3 aromatic rings. The second-order valence-electron chi connectivity index (χ2n) is 10.7. The first-order chi connectivity index (χ1) is 20.8. The number of hydrogen-bond donors (Lipinski definition) is 1. The van der Waals surface area contributed by atoms with E-state index in [4.69, 9.17) is 14.2 Å². The van der Waals surface area contributed by atoms with Gasteiger partial charge in [-0.05, 0) is 54.8 Å². The van der Waals surface area contributed by atoms with E-state index >= 15 is 0 Å². The molecule has 10 heteroatoms. The third-order valence-electron chi connectivity index (χ3n) is 8.25. The zero-order valence-corrected chi connectivity index (χ0v) is 24.6. The van der Waals surface area contributed by atoms with Crippen molar-refractivity contribution in [3.8, 4) is 17.2 Å². The van der Waals surface area contributed by atoms with Crippen LogP contribution in [0.4, 0.5) is 11.4 Å². The highest BCUT2D eigenvalue weighted by atomic mass is 16.5. The van der Waals surface area contributed by atoms with Crippen LogP contribution in [0.15, 0.2) is 66.7 Å². The van der Waals surface area contributed by atoms with Crippen molar-refractivity contribution in [2.24, 2.45) is 0 Å². The third kappa shape index (κ3) is 5.77. The van der Waals surface area contributed by atoms with Crippen LogP contribution in [0, 0.1) is 0 Å². The highest BCUT2D eigenvalue weighted by Crippen LogP contribution is 2.39. The number of benzene rings is 3. The van der Waals surface area contributed by atoms with E-state index in [0.717, 1.165) is 24.8 Å². The molecular formula is C33H35N3O7. The number of hydrogen-bond acceptors (Lipinski definition) is 7. The van der Waals surface area contributed by atoms with Gasteiger partial charge in [-0.25, -0.2) is 0 Å². The molecule has 43 heavy (non-hydrogen) atoms. The molecule has 1 heterocycles. The maximum absolute atomic E-state index is 14.4. The fourth-order valence-electron chi connectivity index (χ4n) is 5.91. The summed E-state index contributed by atoms with van der Waals surface area (Å²) in [6.07, 6.45) is 3.27. The van der Waals surface area contributed by atoms with Crippen molar-refractivity contribution < 1.29 is 33.4 Å². The first kappa shape index (κ1) is 29.6. The fourth-order valence-corrected chi connectivity index (χ4v) is 5.91. The van der Waals surface area contributed by atoms with E-state index in [1.807, 2.05) is 12.1 Å². The zero-order valence-electron chi connectivity index (χ0n) is 24.6. The first-order valence-corrected chi connectivity index (χ1v) is 14.2. The van der Waals surface area contributed by atoms with Gasteiger partial charge in [0.1, 0.15) is 29.3 Å². The van der Waals surface area contributed by atoms with Gasteiger partial charge in [-0.1, -0.05) is 43.5 Å². The smallest absolute Gasteiger partial charge is 0.299 e. The first-order valence-electron chi connectivity index (χ1n) is 14.2. The van der Waals surface area contributed by atoms with E-state index in [1.165, 1.54) is 12.0 Å². The molecule has 0 unspecified atom stereocenters. The molecule has 0 saturated heterocycles. The second kappa shape index (κ2) is 12.6. The molecule has 0 bridgehead atoms. The molecule has 0 radical (unpaired) electrons. The van der Waals surface area contributed by atoms with Crippen LogP contribution in [0.3, 0.4) is 0 Å².